The molecule has 0 saturated heterocycles. The van der Waals surface area contributed by atoms with Gasteiger partial charge in [-0.05, 0) is 18.4 Å². The van der Waals surface area contributed by atoms with E-state index in [1.807, 2.05) is 0 Å². The lowest BCUT2D eigenvalue weighted by Gasteiger charge is -2.14. The van der Waals surface area contributed by atoms with E-state index in [9.17, 15) is 0 Å². The molecule has 0 spiro atoms. The van der Waals surface area contributed by atoms with E-state index in [1.165, 1.54) is 9.88 Å². The van der Waals surface area contributed by atoms with Crippen molar-refractivity contribution in [1.82, 2.24) is 10.3 Å². The maximum absolute atomic E-state index is 4.69. The Kier molecular flexibility index (Phi) is 4.20. The highest BCUT2D eigenvalue weighted by Gasteiger charge is 2.18. The van der Waals surface area contributed by atoms with E-state index in [4.69, 9.17) is 4.98 Å². The van der Waals surface area contributed by atoms with Crippen molar-refractivity contribution in [2.75, 3.05) is 0 Å². The highest BCUT2D eigenvalue weighted by Crippen LogP contribution is 2.26. The summed E-state index contributed by atoms with van der Waals surface area (Å²) < 4.78 is 0. The standard InChI is InChI=1S/C14H20N2S2/c1-10(12-6-5-7-17-12)15-8-11-9-18-13(16-11)14(2,3)4/h5-7,9-10,15H,8H2,1-4H3/t10-/m0/s1. The van der Waals surface area contributed by atoms with Crippen molar-refractivity contribution in [2.45, 2.75) is 45.7 Å². The predicted molar refractivity (Wildman–Crippen MR) is 80.4 cm³/mol. The van der Waals surface area contributed by atoms with E-state index in [0.29, 0.717) is 6.04 Å². The van der Waals surface area contributed by atoms with Gasteiger partial charge in [-0.1, -0.05) is 26.8 Å². The third-order valence-electron chi connectivity index (χ3n) is 2.75. The van der Waals surface area contributed by atoms with Crippen LogP contribution in [0.3, 0.4) is 0 Å². The number of nitrogens with zero attached hydrogens (tertiary/aromatic N) is 1. The zero-order valence-corrected chi connectivity index (χ0v) is 13.0. The Balaban J connectivity index is 1.93. The number of hydrogen-bond acceptors (Lipinski definition) is 4. The lowest BCUT2D eigenvalue weighted by Crippen LogP contribution is -2.18. The molecule has 1 N–H and O–H groups in total. The van der Waals surface area contributed by atoms with Gasteiger partial charge in [0.1, 0.15) is 0 Å². The van der Waals surface area contributed by atoms with Gasteiger partial charge in [0.25, 0.3) is 0 Å². The van der Waals surface area contributed by atoms with Gasteiger partial charge in [-0.3, -0.25) is 0 Å². The van der Waals surface area contributed by atoms with Crippen molar-refractivity contribution >= 4 is 22.7 Å². The molecule has 4 heteroatoms. The van der Waals surface area contributed by atoms with Crippen molar-refractivity contribution in [1.29, 1.82) is 0 Å². The van der Waals surface area contributed by atoms with Crippen LogP contribution in [-0.2, 0) is 12.0 Å². The lowest BCUT2D eigenvalue weighted by molar-refractivity contribution is 0.561. The van der Waals surface area contributed by atoms with Crippen molar-refractivity contribution in [3.63, 3.8) is 0 Å². The summed E-state index contributed by atoms with van der Waals surface area (Å²) in [5.41, 5.74) is 1.30. The molecule has 2 nitrogen and oxygen atoms in total. The minimum absolute atomic E-state index is 0.155. The predicted octanol–water partition coefficient (Wildman–Crippen LogP) is 4.35. The molecule has 0 bridgehead atoms. The molecule has 0 aliphatic carbocycles. The molecule has 98 valence electrons. The van der Waals surface area contributed by atoms with Crippen LogP contribution >= 0.6 is 22.7 Å². The second-order valence-corrected chi connectivity index (χ2v) is 7.35. The molecular formula is C14H20N2S2. The minimum Gasteiger partial charge on any atom is -0.304 e. The Morgan fingerprint density at radius 1 is 1.33 bits per heavy atom. The summed E-state index contributed by atoms with van der Waals surface area (Å²) in [4.78, 5) is 6.07. The first-order chi connectivity index (χ1) is 8.47. The summed E-state index contributed by atoms with van der Waals surface area (Å²) in [7, 11) is 0. The maximum atomic E-state index is 4.69. The minimum atomic E-state index is 0.155. The number of aromatic nitrogens is 1. The largest absolute Gasteiger partial charge is 0.304 e. The fourth-order valence-electron chi connectivity index (χ4n) is 1.63. The van der Waals surface area contributed by atoms with Gasteiger partial charge >= 0.3 is 0 Å². The monoisotopic (exact) mass is 280 g/mol. The zero-order valence-electron chi connectivity index (χ0n) is 11.4. The van der Waals surface area contributed by atoms with E-state index < -0.39 is 0 Å². The molecule has 0 radical (unpaired) electrons. The van der Waals surface area contributed by atoms with Crippen LogP contribution < -0.4 is 5.32 Å². The van der Waals surface area contributed by atoms with Gasteiger partial charge in [0.05, 0.1) is 10.7 Å². The molecule has 0 aliphatic rings. The van der Waals surface area contributed by atoms with Gasteiger partial charge in [-0.25, -0.2) is 4.98 Å². The molecule has 0 aliphatic heterocycles. The molecule has 0 fully saturated rings. The first kappa shape index (κ1) is 13.7. The molecular weight excluding hydrogens is 260 g/mol. The third kappa shape index (κ3) is 3.40. The second-order valence-electron chi connectivity index (χ2n) is 5.51. The normalized spacial score (nSPS) is 13.8. The highest BCUT2D eigenvalue weighted by molar-refractivity contribution is 7.10. The molecule has 18 heavy (non-hydrogen) atoms. The Labute approximate surface area is 117 Å². The van der Waals surface area contributed by atoms with Crippen LogP contribution in [0, 0.1) is 0 Å². The van der Waals surface area contributed by atoms with Gasteiger partial charge in [-0.15, -0.1) is 22.7 Å². The number of nitrogens with one attached hydrogen (secondary N) is 1. The number of rotatable bonds is 4. The number of thiophene rings is 1. The van der Waals surface area contributed by atoms with Gasteiger partial charge in [0, 0.05) is 28.3 Å². The van der Waals surface area contributed by atoms with Gasteiger partial charge < -0.3 is 5.32 Å². The van der Waals surface area contributed by atoms with Crippen LogP contribution in [0.1, 0.15) is 49.3 Å². The van der Waals surface area contributed by atoms with Crippen LogP contribution in [0.15, 0.2) is 22.9 Å². The maximum Gasteiger partial charge on any atom is 0.0982 e. The molecule has 0 saturated carbocycles. The summed E-state index contributed by atoms with van der Waals surface area (Å²) in [6, 6.07) is 4.66. The summed E-state index contributed by atoms with van der Waals surface area (Å²) >= 11 is 3.55. The Morgan fingerprint density at radius 2 is 2.11 bits per heavy atom. The topological polar surface area (TPSA) is 24.9 Å². The summed E-state index contributed by atoms with van der Waals surface area (Å²) in [6.07, 6.45) is 0. The van der Waals surface area contributed by atoms with E-state index >= 15 is 0 Å². The molecule has 2 aromatic rings. The Morgan fingerprint density at radius 3 is 2.67 bits per heavy atom. The van der Waals surface area contributed by atoms with Gasteiger partial charge in [-0.2, -0.15) is 0 Å². The van der Waals surface area contributed by atoms with Gasteiger partial charge in [0.15, 0.2) is 0 Å². The quantitative estimate of drug-likeness (QED) is 0.900. The Hall–Kier alpha value is -0.710. The smallest absolute Gasteiger partial charge is 0.0982 e. The van der Waals surface area contributed by atoms with Crippen LogP contribution in [0.2, 0.25) is 0 Å². The van der Waals surface area contributed by atoms with E-state index in [0.717, 1.165) is 12.2 Å². The molecule has 0 amide bonds. The summed E-state index contributed by atoms with van der Waals surface area (Å²) in [5.74, 6) is 0. The lowest BCUT2D eigenvalue weighted by atomic mass is 9.98. The molecule has 0 aromatic carbocycles. The Bertz CT molecular complexity index is 480. The second kappa shape index (κ2) is 5.51. The summed E-state index contributed by atoms with van der Waals surface area (Å²) in [5, 5.41) is 9.01. The summed E-state index contributed by atoms with van der Waals surface area (Å²) in [6.45, 7) is 9.65. The van der Waals surface area contributed by atoms with Crippen molar-refractivity contribution in [2.24, 2.45) is 0 Å². The average Bonchev–Trinajstić information content (AvgIpc) is 2.96. The molecule has 2 rings (SSSR count). The van der Waals surface area contributed by atoms with Crippen LogP contribution in [0.4, 0.5) is 0 Å². The van der Waals surface area contributed by atoms with Crippen LogP contribution in [0.5, 0.6) is 0 Å². The number of hydrogen-bond donors (Lipinski definition) is 1. The van der Waals surface area contributed by atoms with E-state index in [2.05, 4.69) is 55.9 Å². The zero-order chi connectivity index (χ0) is 13.2. The van der Waals surface area contributed by atoms with Gasteiger partial charge in [0.2, 0.25) is 0 Å². The molecule has 2 aromatic heterocycles. The third-order valence-corrected chi connectivity index (χ3v) is 5.12. The van der Waals surface area contributed by atoms with Crippen molar-refractivity contribution < 1.29 is 0 Å². The first-order valence-corrected chi connectivity index (χ1v) is 7.94. The van der Waals surface area contributed by atoms with E-state index in [-0.39, 0.29) is 5.41 Å². The average molecular weight is 280 g/mol. The number of thiazole rings is 1. The molecule has 2 heterocycles. The fraction of sp³-hybridized carbons (Fsp3) is 0.500. The SMILES string of the molecule is C[C@H](NCc1csc(C(C)(C)C)n1)c1cccs1. The fourth-order valence-corrected chi connectivity index (χ4v) is 3.29. The molecule has 0 unspecified atom stereocenters. The van der Waals surface area contributed by atoms with Crippen molar-refractivity contribution in [3.05, 3.63) is 38.5 Å². The van der Waals surface area contributed by atoms with Crippen LogP contribution in [0.25, 0.3) is 0 Å². The van der Waals surface area contributed by atoms with E-state index in [1.54, 1.807) is 22.7 Å². The van der Waals surface area contributed by atoms with Crippen molar-refractivity contribution in [3.8, 4) is 0 Å². The molecule has 1 atom stereocenters. The van der Waals surface area contributed by atoms with Crippen LogP contribution in [-0.4, -0.2) is 4.98 Å². The first-order valence-electron chi connectivity index (χ1n) is 6.18. The highest BCUT2D eigenvalue weighted by atomic mass is 32.1.